The predicted octanol–water partition coefficient (Wildman–Crippen LogP) is 4.17. The molecule has 0 aliphatic carbocycles. The van der Waals surface area contributed by atoms with Crippen LogP contribution < -0.4 is 10.2 Å². The Morgan fingerprint density at radius 3 is 2.61 bits per heavy atom. The van der Waals surface area contributed by atoms with Crippen LogP contribution in [0, 0.1) is 10.5 Å². The van der Waals surface area contributed by atoms with Crippen molar-refractivity contribution in [3.63, 3.8) is 0 Å². The van der Waals surface area contributed by atoms with E-state index in [9.17, 15) is 14.4 Å². The number of aryl methyl sites for hydroxylation is 2. The summed E-state index contributed by atoms with van der Waals surface area (Å²) in [6.45, 7) is 4.00. The molecular formula is C21H21IN2O3S. The minimum absolute atomic E-state index is 0.118. The molecule has 3 rings (SSSR count). The van der Waals surface area contributed by atoms with Crippen molar-refractivity contribution in [2.45, 2.75) is 31.9 Å². The predicted molar refractivity (Wildman–Crippen MR) is 122 cm³/mol. The Hall–Kier alpha value is -1.87. The average Bonchev–Trinajstić information content (AvgIpc) is 2.96. The second kappa shape index (κ2) is 9.09. The fourth-order valence-electron chi connectivity index (χ4n) is 3.15. The number of imide groups is 1. The molecule has 0 spiro atoms. The molecule has 0 saturated carbocycles. The van der Waals surface area contributed by atoms with Crippen LogP contribution in [-0.4, -0.2) is 28.7 Å². The highest BCUT2D eigenvalue weighted by molar-refractivity contribution is 14.1. The summed E-state index contributed by atoms with van der Waals surface area (Å²) >= 11 is 3.39. The summed E-state index contributed by atoms with van der Waals surface area (Å²) in [5, 5.41) is 2.43. The molecule has 7 heteroatoms. The van der Waals surface area contributed by atoms with E-state index in [4.69, 9.17) is 0 Å². The smallest absolute Gasteiger partial charge is 0.247 e. The number of nitrogens with one attached hydrogen (secondary N) is 1. The van der Waals surface area contributed by atoms with Crippen LogP contribution in [-0.2, 0) is 20.8 Å². The van der Waals surface area contributed by atoms with Crippen LogP contribution in [0.3, 0.4) is 0 Å². The first kappa shape index (κ1) is 20.9. The van der Waals surface area contributed by atoms with Gasteiger partial charge in [-0.25, -0.2) is 4.90 Å². The van der Waals surface area contributed by atoms with E-state index in [1.165, 1.54) is 16.7 Å². The van der Waals surface area contributed by atoms with Crippen LogP contribution in [0.15, 0.2) is 42.5 Å². The Morgan fingerprint density at radius 1 is 1.21 bits per heavy atom. The number of hydrogen-bond acceptors (Lipinski definition) is 4. The molecule has 3 amide bonds. The lowest BCUT2D eigenvalue weighted by Crippen LogP contribution is -2.31. The zero-order valence-corrected chi connectivity index (χ0v) is 18.7. The zero-order chi connectivity index (χ0) is 20.3. The number of rotatable bonds is 6. The molecule has 0 bridgehead atoms. The maximum atomic E-state index is 12.7. The Bertz CT molecular complexity index is 914. The van der Waals surface area contributed by atoms with Crippen molar-refractivity contribution in [1.29, 1.82) is 0 Å². The van der Waals surface area contributed by atoms with Gasteiger partial charge in [-0.15, -0.1) is 11.8 Å². The van der Waals surface area contributed by atoms with Gasteiger partial charge in [-0.05, 0) is 71.3 Å². The zero-order valence-electron chi connectivity index (χ0n) is 15.7. The summed E-state index contributed by atoms with van der Waals surface area (Å²) in [6, 6.07) is 13.2. The van der Waals surface area contributed by atoms with E-state index >= 15 is 0 Å². The average molecular weight is 508 g/mol. The molecule has 2 aromatic carbocycles. The van der Waals surface area contributed by atoms with E-state index in [0.717, 1.165) is 26.8 Å². The van der Waals surface area contributed by atoms with Gasteiger partial charge in [0.1, 0.15) is 0 Å². The Balaban J connectivity index is 1.62. The molecule has 0 aromatic heterocycles. The maximum absolute atomic E-state index is 12.7. The first-order valence-electron chi connectivity index (χ1n) is 9.03. The molecule has 0 unspecified atom stereocenters. The molecule has 0 radical (unpaired) electrons. The first-order chi connectivity index (χ1) is 13.4. The van der Waals surface area contributed by atoms with Crippen LogP contribution in [0.1, 0.15) is 24.5 Å². The van der Waals surface area contributed by atoms with Crippen molar-refractivity contribution in [3.8, 4) is 0 Å². The first-order valence-corrected chi connectivity index (χ1v) is 11.2. The van der Waals surface area contributed by atoms with Crippen LogP contribution >= 0.6 is 34.4 Å². The molecule has 1 atom stereocenters. The molecule has 5 nitrogen and oxygen atoms in total. The Labute approximate surface area is 182 Å². The van der Waals surface area contributed by atoms with Gasteiger partial charge in [0.15, 0.2) is 0 Å². The molecule has 1 fully saturated rings. The number of carbonyl (C=O) groups is 3. The lowest BCUT2D eigenvalue weighted by Gasteiger charge is -2.15. The van der Waals surface area contributed by atoms with Gasteiger partial charge in [-0.3, -0.25) is 14.4 Å². The lowest BCUT2D eigenvalue weighted by atomic mass is 10.1. The summed E-state index contributed by atoms with van der Waals surface area (Å²) in [5.74, 6) is -0.519. The fraction of sp³-hybridized carbons (Fsp3) is 0.286. The summed E-state index contributed by atoms with van der Waals surface area (Å²) in [7, 11) is 0. The maximum Gasteiger partial charge on any atom is 0.247 e. The molecule has 1 saturated heterocycles. The van der Waals surface area contributed by atoms with Gasteiger partial charge in [0.2, 0.25) is 17.7 Å². The third-order valence-electron chi connectivity index (χ3n) is 4.61. The Morgan fingerprint density at radius 2 is 1.93 bits per heavy atom. The molecule has 1 heterocycles. The number of thioether (sulfide) groups is 1. The van der Waals surface area contributed by atoms with Crippen molar-refractivity contribution in [1.82, 2.24) is 0 Å². The van der Waals surface area contributed by atoms with Crippen molar-refractivity contribution in [2.75, 3.05) is 16.0 Å². The van der Waals surface area contributed by atoms with Crippen molar-refractivity contribution < 1.29 is 14.4 Å². The molecule has 1 N–H and O–H groups in total. The monoisotopic (exact) mass is 508 g/mol. The number of hydrogen-bond donors (Lipinski definition) is 1. The van der Waals surface area contributed by atoms with Gasteiger partial charge in [0.05, 0.1) is 16.7 Å². The highest BCUT2D eigenvalue weighted by atomic mass is 127. The quantitative estimate of drug-likeness (QED) is 0.470. The largest absolute Gasteiger partial charge is 0.325 e. The lowest BCUT2D eigenvalue weighted by molar-refractivity contribution is -0.121. The van der Waals surface area contributed by atoms with E-state index in [-0.39, 0.29) is 29.9 Å². The van der Waals surface area contributed by atoms with Crippen molar-refractivity contribution >= 4 is 63.4 Å². The normalized spacial score (nSPS) is 16.5. The van der Waals surface area contributed by atoms with Crippen LogP contribution in [0.25, 0.3) is 0 Å². The van der Waals surface area contributed by atoms with Gasteiger partial charge in [-0.1, -0.05) is 25.1 Å². The van der Waals surface area contributed by atoms with Crippen molar-refractivity contribution in [3.05, 3.63) is 57.2 Å². The van der Waals surface area contributed by atoms with Crippen LogP contribution in [0.2, 0.25) is 0 Å². The van der Waals surface area contributed by atoms with Gasteiger partial charge in [0, 0.05) is 15.7 Å². The number of anilines is 2. The van der Waals surface area contributed by atoms with Crippen LogP contribution in [0.5, 0.6) is 0 Å². The minimum Gasteiger partial charge on any atom is -0.325 e. The molecular weight excluding hydrogens is 487 g/mol. The SMILES string of the molecule is CCc1cccc(C)c1NC(=O)CS[C@H]1CC(=O)N(c2ccc(I)cc2)C1=O. The van der Waals surface area contributed by atoms with Gasteiger partial charge in [0.25, 0.3) is 0 Å². The molecule has 1 aliphatic rings. The van der Waals surface area contributed by atoms with Crippen LogP contribution in [0.4, 0.5) is 11.4 Å². The van der Waals surface area contributed by atoms with Gasteiger partial charge in [-0.2, -0.15) is 0 Å². The molecule has 28 heavy (non-hydrogen) atoms. The number of benzene rings is 2. The van der Waals surface area contributed by atoms with Gasteiger partial charge >= 0.3 is 0 Å². The highest BCUT2D eigenvalue weighted by Crippen LogP contribution is 2.30. The third kappa shape index (κ3) is 4.57. The second-order valence-electron chi connectivity index (χ2n) is 6.56. The third-order valence-corrected chi connectivity index (χ3v) is 6.53. The van der Waals surface area contributed by atoms with E-state index in [1.807, 2.05) is 44.2 Å². The number of amides is 3. The number of halogens is 1. The Kier molecular flexibility index (Phi) is 6.77. The molecule has 1 aliphatic heterocycles. The second-order valence-corrected chi connectivity index (χ2v) is 9.00. The topological polar surface area (TPSA) is 66.5 Å². The van der Waals surface area contributed by atoms with E-state index in [2.05, 4.69) is 27.9 Å². The summed E-state index contributed by atoms with van der Waals surface area (Å²) < 4.78 is 1.03. The molecule has 2 aromatic rings. The fourth-order valence-corrected chi connectivity index (χ4v) is 4.44. The number of para-hydroxylation sites is 1. The summed E-state index contributed by atoms with van der Waals surface area (Å²) in [6.07, 6.45) is 0.943. The highest BCUT2D eigenvalue weighted by Gasteiger charge is 2.40. The van der Waals surface area contributed by atoms with E-state index in [1.54, 1.807) is 12.1 Å². The minimum atomic E-state index is -0.528. The number of carbonyl (C=O) groups excluding carboxylic acids is 3. The number of nitrogens with zero attached hydrogens (tertiary/aromatic N) is 1. The van der Waals surface area contributed by atoms with Gasteiger partial charge < -0.3 is 5.32 Å². The summed E-state index contributed by atoms with van der Waals surface area (Å²) in [4.78, 5) is 38.7. The van der Waals surface area contributed by atoms with E-state index in [0.29, 0.717) is 5.69 Å². The molecule has 146 valence electrons. The van der Waals surface area contributed by atoms with E-state index < -0.39 is 5.25 Å². The standard InChI is InChI=1S/C21H21IN2O3S/c1-3-14-6-4-5-13(2)20(14)23-18(25)12-28-17-11-19(26)24(21(17)27)16-9-7-15(22)8-10-16/h4-10,17H,3,11-12H2,1-2H3,(H,23,25)/t17-/m0/s1. The summed E-state index contributed by atoms with van der Waals surface area (Å²) in [5.41, 5.74) is 3.51. The van der Waals surface area contributed by atoms with Crippen molar-refractivity contribution in [2.24, 2.45) is 0 Å².